The molecule has 0 spiro atoms. The predicted molar refractivity (Wildman–Crippen MR) is 53.0 cm³/mol. The summed E-state index contributed by atoms with van der Waals surface area (Å²) in [6, 6.07) is -0.635. The fraction of sp³-hybridized carbons (Fsp3) is 0.778. The maximum Gasteiger partial charge on any atom is 0.327 e. The molecule has 0 radical (unpaired) electrons. The molecule has 2 heterocycles. The van der Waals surface area contributed by atoms with Crippen molar-refractivity contribution in [3.8, 4) is 0 Å². The molecular weight excluding hydrogens is 202 g/mol. The zero-order valence-corrected chi connectivity index (χ0v) is 9.00. The van der Waals surface area contributed by atoms with Gasteiger partial charge in [0.1, 0.15) is 6.04 Å². The molecule has 2 aliphatic rings. The van der Waals surface area contributed by atoms with E-state index in [1.54, 1.807) is 11.8 Å². The van der Waals surface area contributed by atoms with Crippen LogP contribution in [0.1, 0.15) is 26.7 Å². The molecule has 0 aromatic rings. The highest BCUT2D eigenvalue weighted by Gasteiger charge is 2.59. The number of carbonyl (C=O) groups excluding carboxylic acids is 1. The Morgan fingerprint density at radius 1 is 1.79 bits per heavy atom. The molecule has 14 heavy (non-hydrogen) atoms. The molecule has 0 saturated carbocycles. The molecule has 0 aromatic carbocycles. The van der Waals surface area contributed by atoms with Gasteiger partial charge in [0.2, 0.25) is 5.91 Å². The summed E-state index contributed by atoms with van der Waals surface area (Å²) in [5.74, 6) is -0.899. The van der Waals surface area contributed by atoms with E-state index in [0.717, 1.165) is 6.42 Å². The number of carboxylic acids is 1. The average Bonchev–Trinajstić information content (AvgIpc) is 2.35. The first-order chi connectivity index (χ1) is 6.49. The largest absolute Gasteiger partial charge is 0.480 e. The number of thioether (sulfide) groups is 1. The topological polar surface area (TPSA) is 57.6 Å². The standard InChI is InChI=1S/C9H13NO3S/c1-3-9(2)7(8(12)13)10-5(11)4-6(10)14-9/h6-7H,3-4H2,1-2H3,(H,12,13)/t6-,7+,9?/m1/s1. The van der Waals surface area contributed by atoms with Crippen molar-refractivity contribution in [3.63, 3.8) is 0 Å². The molecule has 3 atom stereocenters. The summed E-state index contributed by atoms with van der Waals surface area (Å²) < 4.78 is -0.317. The van der Waals surface area contributed by atoms with Gasteiger partial charge in [-0.2, -0.15) is 0 Å². The lowest BCUT2D eigenvalue weighted by atomic mass is 9.94. The molecule has 0 aromatic heterocycles. The van der Waals surface area contributed by atoms with E-state index in [0.29, 0.717) is 6.42 Å². The summed E-state index contributed by atoms with van der Waals surface area (Å²) in [7, 11) is 0. The van der Waals surface area contributed by atoms with Crippen molar-refractivity contribution in [2.24, 2.45) is 0 Å². The third-order valence-electron chi connectivity index (χ3n) is 3.15. The van der Waals surface area contributed by atoms with Crippen molar-refractivity contribution < 1.29 is 14.7 Å². The number of carbonyl (C=O) groups is 2. The summed E-state index contributed by atoms with van der Waals surface area (Å²) in [6.45, 7) is 3.90. The SMILES string of the molecule is CCC1(C)S[C@@H]2CC(=O)N2[C@H]1C(=O)O. The van der Waals surface area contributed by atoms with E-state index in [4.69, 9.17) is 5.11 Å². The summed E-state index contributed by atoms with van der Waals surface area (Å²) in [4.78, 5) is 23.9. The molecule has 4 nitrogen and oxygen atoms in total. The van der Waals surface area contributed by atoms with Gasteiger partial charge in [-0.05, 0) is 13.3 Å². The van der Waals surface area contributed by atoms with Crippen LogP contribution in [0.2, 0.25) is 0 Å². The third-order valence-corrected chi connectivity index (χ3v) is 4.86. The van der Waals surface area contributed by atoms with Crippen LogP contribution in [0, 0.1) is 0 Å². The lowest BCUT2D eigenvalue weighted by Crippen LogP contribution is -2.57. The normalized spacial score (nSPS) is 40.7. The summed E-state index contributed by atoms with van der Waals surface area (Å²) in [5.41, 5.74) is 0. The van der Waals surface area contributed by atoms with Gasteiger partial charge in [-0.3, -0.25) is 4.79 Å². The molecule has 2 fully saturated rings. The van der Waals surface area contributed by atoms with E-state index < -0.39 is 12.0 Å². The van der Waals surface area contributed by atoms with Gasteiger partial charge >= 0.3 is 5.97 Å². The molecule has 0 bridgehead atoms. The Bertz CT molecular complexity index is 306. The van der Waals surface area contributed by atoms with Crippen LogP contribution < -0.4 is 0 Å². The molecule has 2 rings (SSSR count). The Labute approximate surface area is 86.6 Å². The van der Waals surface area contributed by atoms with Gasteiger partial charge in [0, 0.05) is 4.75 Å². The molecule has 1 unspecified atom stereocenters. The van der Waals surface area contributed by atoms with Crippen LogP contribution in [0.4, 0.5) is 0 Å². The monoisotopic (exact) mass is 215 g/mol. The quantitative estimate of drug-likeness (QED) is 0.696. The van der Waals surface area contributed by atoms with E-state index in [2.05, 4.69) is 0 Å². The van der Waals surface area contributed by atoms with Gasteiger partial charge in [0.25, 0.3) is 0 Å². The lowest BCUT2D eigenvalue weighted by molar-refractivity contribution is -0.157. The number of nitrogens with zero attached hydrogens (tertiary/aromatic N) is 1. The molecule has 2 saturated heterocycles. The third kappa shape index (κ3) is 1.08. The van der Waals surface area contributed by atoms with Crippen molar-refractivity contribution in [2.45, 2.75) is 42.9 Å². The van der Waals surface area contributed by atoms with Gasteiger partial charge in [-0.25, -0.2) is 4.79 Å². The minimum absolute atomic E-state index is 0.0212. The zero-order chi connectivity index (χ0) is 10.5. The van der Waals surface area contributed by atoms with Crippen LogP contribution in [-0.2, 0) is 9.59 Å². The average molecular weight is 215 g/mol. The Balaban J connectivity index is 2.31. The van der Waals surface area contributed by atoms with Gasteiger partial charge in [-0.1, -0.05) is 6.92 Å². The van der Waals surface area contributed by atoms with Gasteiger partial charge in [0.15, 0.2) is 0 Å². The van der Waals surface area contributed by atoms with Crippen molar-refractivity contribution in [2.75, 3.05) is 0 Å². The maximum absolute atomic E-state index is 11.3. The highest BCUT2D eigenvalue weighted by molar-refractivity contribution is 8.01. The lowest BCUT2D eigenvalue weighted by Gasteiger charge is -2.36. The first-order valence-corrected chi connectivity index (χ1v) is 5.59. The van der Waals surface area contributed by atoms with Crippen molar-refractivity contribution in [3.05, 3.63) is 0 Å². The highest BCUT2D eigenvalue weighted by atomic mass is 32.2. The van der Waals surface area contributed by atoms with Crippen LogP contribution in [-0.4, -0.2) is 38.0 Å². The Kier molecular flexibility index (Phi) is 2.03. The number of hydrogen-bond acceptors (Lipinski definition) is 3. The van der Waals surface area contributed by atoms with E-state index in [9.17, 15) is 9.59 Å². The molecule has 5 heteroatoms. The Hall–Kier alpha value is -0.710. The van der Waals surface area contributed by atoms with E-state index in [-0.39, 0.29) is 16.0 Å². The first kappa shape index (κ1) is 9.83. The van der Waals surface area contributed by atoms with Crippen molar-refractivity contribution >= 4 is 23.6 Å². The van der Waals surface area contributed by atoms with Crippen LogP contribution in [0.25, 0.3) is 0 Å². The van der Waals surface area contributed by atoms with Gasteiger partial charge < -0.3 is 10.0 Å². The number of rotatable bonds is 2. The number of aliphatic carboxylic acids is 1. The van der Waals surface area contributed by atoms with Gasteiger partial charge in [0.05, 0.1) is 11.8 Å². The number of β-lactam (4-membered cyclic amide) rings is 1. The second kappa shape index (κ2) is 2.89. The molecule has 2 aliphatic heterocycles. The second-order valence-electron chi connectivity index (χ2n) is 3.98. The summed E-state index contributed by atoms with van der Waals surface area (Å²) in [6.07, 6.45) is 1.28. The highest BCUT2D eigenvalue weighted by Crippen LogP contribution is 2.52. The number of amides is 1. The van der Waals surface area contributed by atoms with Crippen LogP contribution in [0.3, 0.4) is 0 Å². The molecule has 1 N–H and O–H groups in total. The summed E-state index contributed by atoms with van der Waals surface area (Å²) >= 11 is 1.63. The van der Waals surface area contributed by atoms with Gasteiger partial charge in [-0.15, -0.1) is 11.8 Å². The molecule has 78 valence electrons. The van der Waals surface area contributed by atoms with Crippen LogP contribution >= 0.6 is 11.8 Å². The van der Waals surface area contributed by atoms with E-state index in [1.165, 1.54) is 4.90 Å². The minimum atomic E-state index is -0.877. The smallest absolute Gasteiger partial charge is 0.327 e. The fourth-order valence-electron chi connectivity index (χ4n) is 2.14. The zero-order valence-electron chi connectivity index (χ0n) is 8.19. The number of carboxylic acid groups (broad SMARTS) is 1. The summed E-state index contributed by atoms with van der Waals surface area (Å²) in [5, 5.41) is 9.22. The minimum Gasteiger partial charge on any atom is -0.480 e. The first-order valence-electron chi connectivity index (χ1n) is 4.71. The van der Waals surface area contributed by atoms with E-state index in [1.807, 2.05) is 13.8 Å². The van der Waals surface area contributed by atoms with Crippen LogP contribution in [0.15, 0.2) is 0 Å². The molecule has 0 aliphatic carbocycles. The second-order valence-corrected chi connectivity index (χ2v) is 5.70. The Morgan fingerprint density at radius 2 is 2.43 bits per heavy atom. The van der Waals surface area contributed by atoms with Crippen molar-refractivity contribution in [1.29, 1.82) is 0 Å². The predicted octanol–water partition coefficient (Wildman–Crippen LogP) is 0.913. The fourth-order valence-corrected chi connectivity index (χ4v) is 3.85. The van der Waals surface area contributed by atoms with E-state index >= 15 is 0 Å². The number of hydrogen-bond donors (Lipinski definition) is 1. The number of fused-ring (bicyclic) bond motifs is 1. The van der Waals surface area contributed by atoms with Crippen LogP contribution in [0.5, 0.6) is 0 Å². The molecular formula is C9H13NO3S. The van der Waals surface area contributed by atoms with Crippen molar-refractivity contribution in [1.82, 2.24) is 4.90 Å². The maximum atomic E-state index is 11.3. The molecule has 1 amide bonds. The Morgan fingerprint density at radius 3 is 2.86 bits per heavy atom.